The molecule has 3 aromatic rings. The van der Waals surface area contributed by atoms with Crippen molar-refractivity contribution in [3.63, 3.8) is 0 Å². The Kier molecular flexibility index (Phi) is 8.64. The lowest BCUT2D eigenvalue weighted by molar-refractivity contribution is -0.121. The van der Waals surface area contributed by atoms with E-state index in [9.17, 15) is 14.4 Å². The van der Waals surface area contributed by atoms with Gasteiger partial charge in [0.2, 0.25) is 5.91 Å². The summed E-state index contributed by atoms with van der Waals surface area (Å²) < 4.78 is 1.31. The lowest BCUT2D eigenvalue weighted by Gasteiger charge is -2.17. The van der Waals surface area contributed by atoms with Gasteiger partial charge in [0.05, 0.1) is 23.5 Å². The van der Waals surface area contributed by atoms with E-state index < -0.39 is 11.5 Å². The number of hydrogen-bond acceptors (Lipinski definition) is 7. The number of nitrogen functional groups attached to an aromatic ring is 1. The molecule has 2 aromatic carbocycles. The van der Waals surface area contributed by atoms with Gasteiger partial charge in [0.1, 0.15) is 6.54 Å². The first-order valence-electron chi connectivity index (χ1n) is 11.9. The van der Waals surface area contributed by atoms with Crippen molar-refractivity contribution in [1.29, 1.82) is 5.26 Å². The molecule has 0 spiro atoms. The van der Waals surface area contributed by atoms with Crippen LogP contribution in [0.15, 0.2) is 53.5 Å². The number of benzene rings is 2. The maximum Gasteiger partial charge on any atom is 0.294 e. The number of aromatic nitrogens is 2. The monoisotopic (exact) mass is 501 g/mol. The zero-order chi connectivity index (χ0) is 27.1. The fraction of sp³-hybridized carbons (Fsp3) is 0.296. The van der Waals surface area contributed by atoms with Crippen molar-refractivity contribution in [1.82, 2.24) is 20.2 Å². The van der Waals surface area contributed by atoms with Crippen molar-refractivity contribution in [3.05, 3.63) is 75.7 Å². The van der Waals surface area contributed by atoms with E-state index in [0.29, 0.717) is 28.1 Å². The Hall–Kier alpha value is -4.65. The molecule has 10 heteroatoms. The van der Waals surface area contributed by atoms with E-state index in [1.165, 1.54) is 10.8 Å². The molecular formula is C27H31N7O3. The second-order valence-electron chi connectivity index (χ2n) is 9.24. The van der Waals surface area contributed by atoms with Crippen LogP contribution in [0, 0.1) is 11.3 Å². The third-order valence-corrected chi connectivity index (χ3v) is 5.29. The van der Waals surface area contributed by atoms with E-state index in [1.54, 1.807) is 42.5 Å². The summed E-state index contributed by atoms with van der Waals surface area (Å²) in [6, 6.07) is 13.6. The molecule has 0 aliphatic carbocycles. The number of nitrogens with zero attached hydrogens (tertiary/aromatic N) is 3. The Bertz CT molecular complexity index is 1390. The van der Waals surface area contributed by atoms with Crippen LogP contribution in [0.1, 0.15) is 49.2 Å². The summed E-state index contributed by atoms with van der Waals surface area (Å²) in [6.07, 6.45) is 1.49. The highest BCUT2D eigenvalue weighted by atomic mass is 16.2. The normalized spacial score (nSPS) is 10.7. The quantitative estimate of drug-likeness (QED) is 0.329. The van der Waals surface area contributed by atoms with Crippen LogP contribution < -0.4 is 27.2 Å². The van der Waals surface area contributed by atoms with Gasteiger partial charge in [-0.2, -0.15) is 5.26 Å². The molecule has 0 bridgehead atoms. The first kappa shape index (κ1) is 26.9. The zero-order valence-corrected chi connectivity index (χ0v) is 21.3. The molecule has 0 unspecified atom stereocenters. The van der Waals surface area contributed by atoms with Gasteiger partial charge in [-0.15, -0.1) is 0 Å². The summed E-state index contributed by atoms with van der Waals surface area (Å²) >= 11 is 0. The predicted octanol–water partition coefficient (Wildman–Crippen LogP) is 2.64. The van der Waals surface area contributed by atoms with Crippen LogP contribution in [0.2, 0.25) is 0 Å². The van der Waals surface area contributed by atoms with Crippen LogP contribution in [-0.4, -0.2) is 33.4 Å². The van der Waals surface area contributed by atoms with Gasteiger partial charge in [-0.1, -0.05) is 12.1 Å². The van der Waals surface area contributed by atoms with Crippen molar-refractivity contribution in [2.45, 2.75) is 52.9 Å². The van der Waals surface area contributed by atoms with E-state index >= 15 is 0 Å². The van der Waals surface area contributed by atoms with Crippen LogP contribution in [0.3, 0.4) is 0 Å². The van der Waals surface area contributed by atoms with E-state index in [1.807, 2.05) is 27.7 Å². The Labute approximate surface area is 215 Å². The van der Waals surface area contributed by atoms with Crippen molar-refractivity contribution < 1.29 is 9.59 Å². The SMILES string of the molecule is CC(C)NC(=O)c1cc(N)cc(-c2cnc(NC(C)C)c(=O)n2CC(=O)NCc2ccc(C#N)cc2)c1. The third-order valence-electron chi connectivity index (χ3n) is 5.29. The van der Waals surface area contributed by atoms with Crippen molar-refractivity contribution in [2.24, 2.45) is 0 Å². The van der Waals surface area contributed by atoms with Gasteiger partial charge in [0.15, 0.2) is 5.82 Å². The average molecular weight is 502 g/mol. The van der Waals surface area contributed by atoms with E-state index in [-0.39, 0.29) is 36.9 Å². The number of carbonyl (C=O) groups excluding carboxylic acids is 2. The van der Waals surface area contributed by atoms with Crippen LogP contribution >= 0.6 is 0 Å². The van der Waals surface area contributed by atoms with Crippen molar-refractivity contribution in [3.8, 4) is 17.3 Å². The fourth-order valence-corrected chi connectivity index (χ4v) is 3.62. The number of amides is 2. The maximum atomic E-state index is 13.3. The molecule has 0 aliphatic rings. The molecule has 37 heavy (non-hydrogen) atoms. The lowest BCUT2D eigenvalue weighted by Crippen LogP contribution is -2.35. The van der Waals surface area contributed by atoms with Gasteiger partial charge in [-0.3, -0.25) is 19.0 Å². The highest BCUT2D eigenvalue weighted by Crippen LogP contribution is 2.23. The minimum absolute atomic E-state index is 0.0524. The fourth-order valence-electron chi connectivity index (χ4n) is 3.62. The summed E-state index contributed by atoms with van der Waals surface area (Å²) in [5, 5.41) is 17.6. The number of nitriles is 1. The number of hydrogen-bond donors (Lipinski definition) is 4. The minimum atomic E-state index is -0.477. The zero-order valence-electron chi connectivity index (χ0n) is 21.3. The molecule has 2 amide bonds. The van der Waals surface area contributed by atoms with Crippen LogP contribution in [-0.2, 0) is 17.9 Å². The van der Waals surface area contributed by atoms with Gasteiger partial charge in [-0.25, -0.2) is 4.98 Å². The standard InChI is InChI=1S/C27H31N7O3/c1-16(2)32-25-27(37)34(15-24(35)30-13-19-7-5-18(12-28)6-8-19)23(14-31-25)20-9-21(11-22(29)10-20)26(36)33-17(3)4/h5-11,14,16-17H,13,15,29H2,1-4H3,(H,30,35)(H,31,32)(H,33,36). The third kappa shape index (κ3) is 7.18. The summed E-state index contributed by atoms with van der Waals surface area (Å²) in [7, 11) is 0. The largest absolute Gasteiger partial charge is 0.399 e. The highest BCUT2D eigenvalue weighted by Gasteiger charge is 2.18. The maximum absolute atomic E-state index is 13.3. The molecule has 1 heterocycles. The first-order valence-corrected chi connectivity index (χ1v) is 11.9. The van der Waals surface area contributed by atoms with Crippen LogP contribution in [0.4, 0.5) is 11.5 Å². The Morgan fingerprint density at radius 1 is 1.08 bits per heavy atom. The smallest absolute Gasteiger partial charge is 0.294 e. The van der Waals surface area contributed by atoms with Crippen molar-refractivity contribution >= 4 is 23.3 Å². The molecule has 0 aliphatic heterocycles. The van der Waals surface area contributed by atoms with Gasteiger partial charge in [-0.05, 0) is 63.6 Å². The molecule has 0 atom stereocenters. The van der Waals surface area contributed by atoms with Crippen molar-refractivity contribution in [2.75, 3.05) is 11.1 Å². The molecule has 0 saturated heterocycles. The molecule has 10 nitrogen and oxygen atoms in total. The number of nitrogens with two attached hydrogens (primary N) is 1. The molecule has 1 aromatic heterocycles. The Morgan fingerprint density at radius 3 is 2.41 bits per heavy atom. The van der Waals surface area contributed by atoms with Gasteiger partial charge < -0.3 is 21.7 Å². The summed E-state index contributed by atoms with van der Waals surface area (Å²) in [5.41, 5.74) is 8.44. The van der Waals surface area contributed by atoms with Gasteiger partial charge in [0.25, 0.3) is 11.5 Å². The Balaban J connectivity index is 1.96. The minimum Gasteiger partial charge on any atom is -0.399 e. The van der Waals surface area contributed by atoms with E-state index in [2.05, 4.69) is 27.0 Å². The molecular weight excluding hydrogens is 470 g/mol. The average Bonchev–Trinajstić information content (AvgIpc) is 2.84. The summed E-state index contributed by atoms with van der Waals surface area (Å²) in [6.45, 7) is 7.41. The number of carbonyl (C=O) groups is 2. The Morgan fingerprint density at radius 2 is 1.78 bits per heavy atom. The number of anilines is 2. The number of nitrogens with one attached hydrogen (secondary N) is 3. The lowest BCUT2D eigenvalue weighted by atomic mass is 10.1. The second kappa shape index (κ2) is 11.9. The molecule has 3 rings (SSSR count). The topological polar surface area (TPSA) is 155 Å². The van der Waals surface area contributed by atoms with E-state index in [4.69, 9.17) is 11.0 Å². The molecule has 5 N–H and O–H groups in total. The van der Waals surface area contributed by atoms with Gasteiger partial charge in [0, 0.05) is 35.4 Å². The second-order valence-corrected chi connectivity index (χ2v) is 9.24. The summed E-state index contributed by atoms with van der Waals surface area (Å²) in [5.74, 6) is -0.583. The first-order chi connectivity index (χ1) is 17.6. The van der Waals surface area contributed by atoms with E-state index in [0.717, 1.165) is 5.56 Å². The number of rotatable bonds is 9. The predicted molar refractivity (Wildman–Crippen MR) is 143 cm³/mol. The highest BCUT2D eigenvalue weighted by molar-refractivity contribution is 5.96. The molecule has 0 fully saturated rings. The molecule has 0 saturated carbocycles. The van der Waals surface area contributed by atoms with Crippen LogP contribution in [0.5, 0.6) is 0 Å². The van der Waals surface area contributed by atoms with Crippen LogP contribution in [0.25, 0.3) is 11.3 Å². The van der Waals surface area contributed by atoms with Gasteiger partial charge >= 0.3 is 0 Å². The molecule has 192 valence electrons. The summed E-state index contributed by atoms with van der Waals surface area (Å²) in [4.78, 5) is 43.1. The molecule has 0 radical (unpaired) electrons.